The maximum atomic E-state index is 5.19. The van der Waals surface area contributed by atoms with E-state index in [4.69, 9.17) is 15.0 Å². The summed E-state index contributed by atoms with van der Waals surface area (Å²) in [5, 5.41) is 9.93. The van der Waals surface area contributed by atoms with E-state index in [0.717, 1.165) is 27.7 Å². The Morgan fingerprint density at radius 3 is 1.34 bits per heavy atom. The van der Waals surface area contributed by atoms with E-state index >= 15 is 0 Å². The average molecular weight is 599 g/mol. The first-order valence-electron chi connectivity index (χ1n) is 15.9. The second kappa shape index (κ2) is 10.1. The fourth-order valence-electron chi connectivity index (χ4n) is 7.21. The molecule has 0 saturated heterocycles. The molecular formula is C43H26N4. The lowest BCUT2D eigenvalue weighted by Crippen LogP contribution is -2.06. The van der Waals surface area contributed by atoms with Crippen molar-refractivity contribution in [3.05, 3.63) is 158 Å². The predicted molar refractivity (Wildman–Crippen MR) is 194 cm³/mol. The Kier molecular flexibility index (Phi) is 5.54. The van der Waals surface area contributed by atoms with Gasteiger partial charge in [0.05, 0.1) is 11.0 Å². The Bertz CT molecular complexity index is 2660. The van der Waals surface area contributed by atoms with Gasteiger partial charge in [0.15, 0.2) is 11.6 Å². The van der Waals surface area contributed by atoms with Gasteiger partial charge < -0.3 is 0 Å². The normalized spacial score (nSPS) is 11.8. The molecule has 0 saturated carbocycles. The van der Waals surface area contributed by atoms with Crippen LogP contribution in [0.4, 0.5) is 0 Å². The summed E-state index contributed by atoms with van der Waals surface area (Å²) < 4.78 is 2.22. The van der Waals surface area contributed by atoms with Crippen LogP contribution in [-0.4, -0.2) is 19.5 Å². The van der Waals surface area contributed by atoms with Crippen molar-refractivity contribution in [2.24, 2.45) is 0 Å². The molecule has 10 aromatic rings. The first-order chi connectivity index (χ1) is 23.3. The first-order valence-corrected chi connectivity index (χ1v) is 15.9. The van der Waals surface area contributed by atoms with E-state index < -0.39 is 0 Å². The molecule has 4 nitrogen and oxygen atoms in total. The molecular weight excluding hydrogens is 573 g/mol. The molecule has 10 rings (SSSR count). The molecule has 2 heterocycles. The summed E-state index contributed by atoms with van der Waals surface area (Å²) in [7, 11) is 0. The Morgan fingerprint density at radius 2 is 0.787 bits per heavy atom. The van der Waals surface area contributed by atoms with E-state index in [9.17, 15) is 0 Å². The van der Waals surface area contributed by atoms with E-state index in [1.165, 1.54) is 48.7 Å². The van der Waals surface area contributed by atoms with Gasteiger partial charge in [0.25, 0.3) is 0 Å². The molecule has 0 unspecified atom stereocenters. The summed E-state index contributed by atoms with van der Waals surface area (Å²) >= 11 is 0. The monoisotopic (exact) mass is 598 g/mol. The van der Waals surface area contributed by atoms with Gasteiger partial charge in [0.2, 0.25) is 5.95 Å². The van der Waals surface area contributed by atoms with Crippen LogP contribution in [0.2, 0.25) is 0 Å². The van der Waals surface area contributed by atoms with E-state index in [2.05, 4.69) is 138 Å². The molecule has 0 spiro atoms. The SMILES string of the molecule is c1ccc(-c2ccc(-c3nc(-c4ccccc4)nc(-n4c5cccc6c7cc8ccccc8cc7c7cccc4c7c65)n3)cc2)cc1. The quantitative estimate of drug-likeness (QED) is 0.150. The molecule has 0 aliphatic carbocycles. The highest BCUT2D eigenvalue weighted by Crippen LogP contribution is 2.44. The van der Waals surface area contributed by atoms with Crippen LogP contribution in [-0.2, 0) is 0 Å². The fraction of sp³-hybridized carbons (Fsp3) is 0. The van der Waals surface area contributed by atoms with E-state index in [-0.39, 0.29) is 0 Å². The number of aromatic nitrogens is 4. The van der Waals surface area contributed by atoms with Crippen LogP contribution in [0.1, 0.15) is 0 Å². The molecule has 0 aliphatic rings. The van der Waals surface area contributed by atoms with Crippen molar-refractivity contribution in [2.75, 3.05) is 0 Å². The molecule has 0 radical (unpaired) electrons. The summed E-state index contributed by atoms with van der Waals surface area (Å²) in [5.41, 5.74) is 6.38. The number of nitrogens with zero attached hydrogens (tertiary/aromatic N) is 4. The van der Waals surface area contributed by atoms with Crippen LogP contribution < -0.4 is 0 Å². The summed E-state index contributed by atoms with van der Waals surface area (Å²) in [6.45, 7) is 0. The molecule has 0 bridgehead atoms. The minimum Gasteiger partial charge on any atom is -0.278 e. The largest absolute Gasteiger partial charge is 0.278 e. The zero-order chi connectivity index (χ0) is 30.9. The minimum absolute atomic E-state index is 0.603. The van der Waals surface area contributed by atoms with Crippen molar-refractivity contribution in [3.8, 4) is 39.9 Å². The fourth-order valence-corrected chi connectivity index (χ4v) is 7.21. The van der Waals surface area contributed by atoms with Gasteiger partial charge in [-0.25, -0.2) is 4.98 Å². The highest BCUT2D eigenvalue weighted by molar-refractivity contribution is 6.35. The van der Waals surface area contributed by atoms with Gasteiger partial charge in [-0.1, -0.05) is 133 Å². The number of fused-ring (bicyclic) bond motifs is 4. The van der Waals surface area contributed by atoms with Gasteiger partial charge in [0.1, 0.15) is 0 Å². The number of hydrogen-bond acceptors (Lipinski definition) is 3. The van der Waals surface area contributed by atoms with E-state index in [1.807, 2.05) is 24.3 Å². The van der Waals surface area contributed by atoms with Gasteiger partial charge in [-0.15, -0.1) is 0 Å². The highest BCUT2D eigenvalue weighted by Gasteiger charge is 2.22. The predicted octanol–water partition coefficient (Wildman–Crippen LogP) is 10.9. The van der Waals surface area contributed by atoms with Gasteiger partial charge in [-0.05, 0) is 67.7 Å². The Balaban J connectivity index is 1.26. The Labute approximate surface area is 270 Å². The third-order valence-electron chi connectivity index (χ3n) is 9.39. The molecule has 0 atom stereocenters. The van der Waals surface area contributed by atoms with Crippen molar-refractivity contribution in [1.82, 2.24) is 19.5 Å². The van der Waals surface area contributed by atoms with Gasteiger partial charge in [-0.2, -0.15) is 9.97 Å². The lowest BCUT2D eigenvalue weighted by atomic mass is 9.92. The minimum atomic E-state index is 0.603. The smallest absolute Gasteiger partial charge is 0.238 e. The van der Waals surface area contributed by atoms with Gasteiger partial charge in [-0.3, -0.25) is 4.57 Å². The van der Waals surface area contributed by atoms with Crippen LogP contribution in [0.25, 0.3) is 94.0 Å². The van der Waals surface area contributed by atoms with Crippen LogP contribution in [0.15, 0.2) is 158 Å². The van der Waals surface area contributed by atoms with Crippen molar-refractivity contribution < 1.29 is 0 Å². The molecule has 0 aliphatic heterocycles. The van der Waals surface area contributed by atoms with Crippen LogP contribution in [0.5, 0.6) is 0 Å². The summed E-state index contributed by atoms with van der Waals surface area (Å²) in [5.74, 6) is 1.89. The van der Waals surface area contributed by atoms with Gasteiger partial charge >= 0.3 is 0 Å². The molecule has 0 fully saturated rings. The number of benzene rings is 8. The lowest BCUT2D eigenvalue weighted by Gasteiger charge is -2.11. The summed E-state index contributed by atoms with van der Waals surface area (Å²) in [4.78, 5) is 15.4. The van der Waals surface area contributed by atoms with Crippen molar-refractivity contribution in [3.63, 3.8) is 0 Å². The van der Waals surface area contributed by atoms with Crippen molar-refractivity contribution in [1.29, 1.82) is 0 Å². The molecule has 8 aromatic carbocycles. The molecule has 4 heteroatoms. The summed E-state index contributed by atoms with van der Waals surface area (Å²) in [6, 6.07) is 55.5. The average Bonchev–Trinajstić information content (AvgIpc) is 3.50. The molecule has 2 aromatic heterocycles. The maximum absolute atomic E-state index is 5.19. The first kappa shape index (κ1) is 25.9. The highest BCUT2D eigenvalue weighted by atomic mass is 15.2. The van der Waals surface area contributed by atoms with Crippen LogP contribution in [0.3, 0.4) is 0 Å². The van der Waals surface area contributed by atoms with Crippen LogP contribution in [0, 0.1) is 0 Å². The molecule has 47 heavy (non-hydrogen) atoms. The molecule has 0 amide bonds. The van der Waals surface area contributed by atoms with Crippen molar-refractivity contribution >= 4 is 54.1 Å². The lowest BCUT2D eigenvalue weighted by molar-refractivity contribution is 0.954. The summed E-state index contributed by atoms with van der Waals surface area (Å²) in [6.07, 6.45) is 0. The Morgan fingerprint density at radius 1 is 0.340 bits per heavy atom. The zero-order valence-corrected chi connectivity index (χ0v) is 25.3. The number of rotatable bonds is 4. The van der Waals surface area contributed by atoms with E-state index in [0.29, 0.717) is 17.6 Å². The van der Waals surface area contributed by atoms with Gasteiger partial charge in [0, 0.05) is 21.9 Å². The third-order valence-corrected chi connectivity index (χ3v) is 9.39. The van der Waals surface area contributed by atoms with Crippen molar-refractivity contribution in [2.45, 2.75) is 0 Å². The second-order valence-corrected chi connectivity index (χ2v) is 12.1. The van der Waals surface area contributed by atoms with Crippen LogP contribution >= 0.6 is 0 Å². The number of hydrogen-bond donors (Lipinski definition) is 0. The molecule has 0 N–H and O–H groups in total. The second-order valence-electron chi connectivity index (χ2n) is 12.1. The third kappa shape index (κ3) is 3.98. The molecule has 218 valence electrons. The maximum Gasteiger partial charge on any atom is 0.238 e. The topological polar surface area (TPSA) is 43.6 Å². The Hall–Kier alpha value is -6.39. The van der Waals surface area contributed by atoms with E-state index in [1.54, 1.807) is 0 Å². The zero-order valence-electron chi connectivity index (χ0n) is 25.3. The standard InChI is InChI=1S/C43H26N4/c1-3-11-27(12-4-1)28-21-23-30(24-22-28)42-44-41(29-13-5-2-6-14-29)45-43(46-42)47-37-19-9-17-33-35-25-31-15-7-8-16-32(31)26-36(35)34-18-10-20-38(47)40(34)39(33)37/h1-26H.